The van der Waals surface area contributed by atoms with E-state index in [1.807, 2.05) is 36.4 Å². The molecule has 1 fully saturated rings. The molecule has 2 unspecified atom stereocenters. The van der Waals surface area contributed by atoms with Crippen molar-refractivity contribution in [3.63, 3.8) is 0 Å². The molecule has 1 aromatic heterocycles. The van der Waals surface area contributed by atoms with E-state index >= 15 is 0 Å². The summed E-state index contributed by atoms with van der Waals surface area (Å²) in [4.78, 5) is 12.9. The highest BCUT2D eigenvalue weighted by molar-refractivity contribution is 7.99. The van der Waals surface area contributed by atoms with Gasteiger partial charge in [-0.2, -0.15) is 0 Å². The fourth-order valence-electron chi connectivity index (χ4n) is 3.95. The Morgan fingerprint density at radius 2 is 1.94 bits per heavy atom. The van der Waals surface area contributed by atoms with Crippen LogP contribution in [0.5, 0.6) is 5.75 Å². The second-order valence-corrected chi connectivity index (χ2v) is 9.37. The summed E-state index contributed by atoms with van der Waals surface area (Å²) in [5.41, 5.74) is 2.96. The predicted molar refractivity (Wildman–Crippen MR) is 131 cm³/mol. The van der Waals surface area contributed by atoms with E-state index in [1.165, 1.54) is 17.3 Å². The molecular weight excluding hydrogens is 434 g/mol. The molecule has 7 heteroatoms. The Bertz CT molecular complexity index is 1060. The first-order valence-corrected chi connectivity index (χ1v) is 12.5. The van der Waals surface area contributed by atoms with Crippen LogP contribution >= 0.6 is 11.8 Å². The van der Waals surface area contributed by atoms with Crippen LogP contribution in [0.3, 0.4) is 0 Å². The quantitative estimate of drug-likeness (QED) is 0.286. The molecule has 2 aromatic carbocycles. The number of hydrogen-bond donors (Lipinski definition) is 0. The van der Waals surface area contributed by atoms with Crippen LogP contribution in [0.15, 0.2) is 53.7 Å². The van der Waals surface area contributed by atoms with Gasteiger partial charge in [0.2, 0.25) is 0 Å². The largest absolute Gasteiger partial charge is 0.497 e. The average Bonchev–Trinajstić information content (AvgIpc) is 3.52. The molecule has 0 aliphatic carbocycles. The van der Waals surface area contributed by atoms with E-state index in [0.29, 0.717) is 18.2 Å². The first-order valence-electron chi connectivity index (χ1n) is 11.5. The van der Waals surface area contributed by atoms with E-state index in [4.69, 9.17) is 9.47 Å². The summed E-state index contributed by atoms with van der Waals surface area (Å²) in [5, 5.41) is 9.62. The number of Topliss-reactive ketones (excluding diaryl/α,β-unsaturated/α-hetero) is 1. The molecule has 6 nitrogen and oxygen atoms in total. The molecule has 0 spiro atoms. The van der Waals surface area contributed by atoms with Crippen molar-refractivity contribution < 1.29 is 14.3 Å². The van der Waals surface area contributed by atoms with Crippen LogP contribution < -0.4 is 4.74 Å². The molecular formula is C26H31N3O3S. The number of carbonyl (C=O) groups is 1. The molecule has 33 heavy (non-hydrogen) atoms. The number of rotatable bonds is 10. The van der Waals surface area contributed by atoms with Crippen LogP contribution in [0, 0.1) is 0 Å². The van der Waals surface area contributed by atoms with Gasteiger partial charge >= 0.3 is 0 Å². The third kappa shape index (κ3) is 5.65. The van der Waals surface area contributed by atoms with E-state index in [-0.39, 0.29) is 11.9 Å². The Labute approximate surface area is 199 Å². The van der Waals surface area contributed by atoms with Crippen molar-refractivity contribution in [3.8, 4) is 17.1 Å². The lowest BCUT2D eigenvalue weighted by Gasteiger charge is -2.15. The molecule has 0 bridgehead atoms. The Morgan fingerprint density at radius 3 is 2.58 bits per heavy atom. The van der Waals surface area contributed by atoms with Gasteiger partial charge in [-0.1, -0.05) is 49.9 Å². The van der Waals surface area contributed by atoms with Gasteiger partial charge in [-0.05, 0) is 55.0 Å². The zero-order valence-electron chi connectivity index (χ0n) is 19.5. The lowest BCUT2D eigenvalue weighted by molar-refractivity contribution is 0.0953. The fourth-order valence-corrected chi connectivity index (χ4v) is 4.79. The number of aromatic nitrogens is 3. The number of thioether (sulfide) groups is 1. The van der Waals surface area contributed by atoms with Crippen molar-refractivity contribution in [2.75, 3.05) is 19.5 Å². The highest BCUT2D eigenvalue weighted by atomic mass is 32.2. The third-order valence-electron chi connectivity index (χ3n) is 6.22. The van der Waals surface area contributed by atoms with Crippen molar-refractivity contribution in [2.24, 2.45) is 0 Å². The number of ether oxygens (including phenoxy) is 2. The van der Waals surface area contributed by atoms with Crippen molar-refractivity contribution in [1.82, 2.24) is 14.8 Å². The zero-order valence-corrected chi connectivity index (χ0v) is 20.3. The Balaban J connectivity index is 1.51. The summed E-state index contributed by atoms with van der Waals surface area (Å²) in [5.74, 6) is 2.48. The van der Waals surface area contributed by atoms with Gasteiger partial charge in [0.1, 0.15) is 5.75 Å². The lowest BCUT2D eigenvalue weighted by Crippen LogP contribution is -2.17. The smallest absolute Gasteiger partial charge is 0.192 e. The Kier molecular flexibility index (Phi) is 7.83. The van der Waals surface area contributed by atoms with E-state index in [0.717, 1.165) is 53.7 Å². The van der Waals surface area contributed by atoms with E-state index < -0.39 is 0 Å². The molecule has 3 aromatic rings. The zero-order chi connectivity index (χ0) is 23.2. The number of methoxy groups -OCH3 is 1. The maximum Gasteiger partial charge on any atom is 0.192 e. The highest BCUT2D eigenvalue weighted by Crippen LogP contribution is 2.28. The summed E-state index contributed by atoms with van der Waals surface area (Å²) >= 11 is 1.43. The van der Waals surface area contributed by atoms with Crippen LogP contribution in [-0.2, 0) is 11.3 Å². The predicted octanol–water partition coefficient (Wildman–Crippen LogP) is 5.62. The molecule has 1 aliphatic rings. The Morgan fingerprint density at radius 1 is 1.18 bits per heavy atom. The minimum Gasteiger partial charge on any atom is -0.497 e. The normalized spacial score (nSPS) is 16.6. The molecule has 0 N–H and O–H groups in total. The molecule has 4 rings (SSSR count). The van der Waals surface area contributed by atoms with Crippen LogP contribution in [0.1, 0.15) is 54.9 Å². The minimum atomic E-state index is 0.0911. The van der Waals surface area contributed by atoms with Crippen molar-refractivity contribution in [1.29, 1.82) is 0 Å². The number of nitrogens with zero attached hydrogens (tertiary/aromatic N) is 3. The minimum absolute atomic E-state index is 0.0911. The lowest BCUT2D eigenvalue weighted by atomic mass is 9.97. The molecule has 174 valence electrons. The van der Waals surface area contributed by atoms with E-state index in [1.54, 1.807) is 7.11 Å². The highest BCUT2D eigenvalue weighted by Gasteiger charge is 2.22. The van der Waals surface area contributed by atoms with Crippen molar-refractivity contribution in [3.05, 3.63) is 59.7 Å². The standard InChI is InChI=1S/C26H31N3O3S/c1-4-18(2)19-7-9-20(10-8-19)24(30)17-33-26-28-27-25(21-11-13-22(31-3)14-12-21)29(26)16-23-6-5-15-32-23/h7-14,18,23H,4-6,15-17H2,1-3H3. The van der Waals surface area contributed by atoms with Gasteiger partial charge in [-0.3, -0.25) is 9.36 Å². The number of ketones is 1. The molecule has 0 saturated carbocycles. The maximum atomic E-state index is 12.9. The van der Waals surface area contributed by atoms with Gasteiger partial charge in [-0.25, -0.2) is 0 Å². The van der Waals surface area contributed by atoms with Gasteiger partial charge in [0.25, 0.3) is 0 Å². The summed E-state index contributed by atoms with van der Waals surface area (Å²) in [6.07, 6.45) is 3.31. The Hall–Kier alpha value is -2.64. The summed E-state index contributed by atoms with van der Waals surface area (Å²) in [7, 11) is 1.65. The molecule has 1 aliphatic heterocycles. The van der Waals surface area contributed by atoms with Crippen LogP contribution in [0.25, 0.3) is 11.4 Å². The topological polar surface area (TPSA) is 66.2 Å². The van der Waals surface area contributed by atoms with Crippen LogP contribution in [0.2, 0.25) is 0 Å². The second-order valence-electron chi connectivity index (χ2n) is 8.42. The third-order valence-corrected chi connectivity index (χ3v) is 7.19. The van der Waals surface area contributed by atoms with Gasteiger partial charge in [0.15, 0.2) is 16.8 Å². The molecule has 2 atom stereocenters. The molecule has 0 radical (unpaired) electrons. The number of carbonyl (C=O) groups excluding carboxylic acids is 1. The summed E-state index contributed by atoms with van der Waals surface area (Å²) in [6, 6.07) is 15.8. The second kappa shape index (κ2) is 11.0. The monoisotopic (exact) mass is 465 g/mol. The fraction of sp³-hybridized carbons (Fsp3) is 0.423. The van der Waals surface area contributed by atoms with Gasteiger partial charge < -0.3 is 9.47 Å². The molecule has 0 amide bonds. The van der Waals surface area contributed by atoms with E-state index in [9.17, 15) is 4.79 Å². The average molecular weight is 466 g/mol. The first kappa shape index (κ1) is 23.5. The number of benzene rings is 2. The van der Waals surface area contributed by atoms with Gasteiger partial charge in [-0.15, -0.1) is 10.2 Å². The van der Waals surface area contributed by atoms with Gasteiger partial charge in [0.05, 0.1) is 25.5 Å². The number of hydrogen-bond acceptors (Lipinski definition) is 6. The summed E-state index contributed by atoms with van der Waals surface area (Å²) < 4.78 is 13.2. The van der Waals surface area contributed by atoms with Crippen LogP contribution in [0.4, 0.5) is 0 Å². The van der Waals surface area contributed by atoms with Gasteiger partial charge in [0, 0.05) is 17.7 Å². The van der Waals surface area contributed by atoms with Crippen molar-refractivity contribution >= 4 is 17.5 Å². The van der Waals surface area contributed by atoms with E-state index in [2.05, 4.69) is 40.7 Å². The maximum absolute atomic E-state index is 12.9. The van der Waals surface area contributed by atoms with Crippen LogP contribution in [-0.4, -0.2) is 46.1 Å². The molecule has 2 heterocycles. The first-order chi connectivity index (χ1) is 16.1. The SMILES string of the molecule is CCC(C)c1ccc(C(=O)CSc2nnc(-c3ccc(OC)cc3)n2CC2CCCO2)cc1. The molecule has 1 saturated heterocycles. The summed E-state index contributed by atoms with van der Waals surface area (Å²) in [6.45, 7) is 5.84. The van der Waals surface area contributed by atoms with Crippen molar-refractivity contribution in [2.45, 2.75) is 56.8 Å².